The first-order valence-corrected chi connectivity index (χ1v) is 11.2. The number of carbonyl (C=O) groups is 1. The lowest BCUT2D eigenvalue weighted by Gasteiger charge is -2.36. The Bertz CT molecular complexity index is 1070. The quantitative estimate of drug-likeness (QED) is 0.665. The van der Waals surface area contributed by atoms with Crippen LogP contribution in [0.4, 0.5) is 5.13 Å². The minimum absolute atomic E-state index is 0.120. The highest BCUT2D eigenvalue weighted by Crippen LogP contribution is 2.34. The Balaban J connectivity index is 1.20. The van der Waals surface area contributed by atoms with Crippen LogP contribution in [0.2, 0.25) is 0 Å². The zero-order valence-electron chi connectivity index (χ0n) is 16.9. The molecule has 0 radical (unpaired) electrons. The number of nitrogens with zero attached hydrogens (tertiary/aromatic N) is 3. The molecule has 1 saturated carbocycles. The Morgan fingerprint density at radius 1 is 1.23 bits per heavy atom. The molecule has 1 aliphatic carbocycles. The molecule has 6 nitrogen and oxygen atoms in total. The summed E-state index contributed by atoms with van der Waals surface area (Å²) in [6, 6.07) is 12.6. The molecule has 1 amide bonds. The maximum absolute atomic E-state index is 11.6. The second-order valence-electron chi connectivity index (χ2n) is 7.84. The van der Waals surface area contributed by atoms with Crippen molar-refractivity contribution in [1.82, 2.24) is 14.9 Å². The summed E-state index contributed by atoms with van der Waals surface area (Å²) in [6.45, 7) is 3.01. The van der Waals surface area contributed by atoms with Crippen LogP contribution >= 0.6 is 11.3 Å². The number of hydrogen-bond donors (Lipinski definition) is 1. The van der Waals surface area contributed by atoms with Gasteiger partial charge in [-0.05, 0) is 36.3 Å². The molecule has 0 unspecified atom stereocenters. The zero-order chi connectivity index (χ0) is 20.5. The van der Waals surface area contributed by atoms with E-state index in [0.717, 1.165) is 42.0 Å². The second-order valence-corrected chi connectivity index (χ2v) is 8.87. The molecule has 2 aromatic heterocycles. The van der Waals surface area contributed by atoms with Gasteiger partial charge in [0.05, 0.1) is 10.2 Å². The zero-order valence-corrected chi connectivity index (χ0v) is 17.7. The van der Waals surface area contributed by atoms with Crippen molar-refractivity contribution >= 4 is 38.2 Å². The molecule has 1 aromatic carbocycles. The first-order valence-electron chi connectivity index (χ1n) is 10.3. The van der Waals surface area contributed by atoms with Crippen molar-refractivity contribution in [2.24, 2.45) is 0 Å². The van der Waals surface area contributed by atoms with E-state index in [2.05, 4.69) is 33.5 Å². The van der Waals surface area contributed by atoms with E-state index in [0.29, 0.717) is 18.5 Å². The van der Waals surface area contributed by atoms with E-state index in [1.54, 1.807) is 24.5 Å². The van der Waals surface area contributed by atoms with Gasteiger partial charge in [-0.3, -0.25) is 4.79 Å². The first kappa shape index (κ1) is 19.1. The highest BCUT2D eigenvalue weighted by Gasteiger charge is 2.32. The third-order valence-electron chi connectivity index (χ3n) is 5.77. The molecule has 1 fully saturated rings. The van der Waals surface area contributed by atoms with Gasteiger partial charge in [-0.25, -0.2) is 9.97 Å². The highest BCUT2D eigenvalue weighted by atomic mass is 32.1. The molecule has 30 heavy (non-hydrogen) atoms. The number of thiazole rings is 1. The molecule has 3 aromatic rings. The predicted molar refractivity (Wildman–Crippen MR) is 120 cm³/mol. The van der Waals surface area contributed by atoms with Crippen molar-refractivity contribution in [3.8, 4) is 5.88 Å². The molecule has 0 spiro atoms. The molecule has 0 atom stereocenters. The van der Waals surface area contributed by atoms with E-state index in [-0.39, 0.29) is 12.0 Å². The standard InChI is InChI=1S/C23H24N4O2S/c1-15(28)27-11-8-16(9-12-27)19-5-4-10-24-22(19)29-18-13-17(14-18)25-23-26-20-6-2-3-7-21(20)30-23/h2-8,10,17-18H,9,11-14H2,1H3,(H,25,26). The molecule has 2 aliphatic rings. The van der Waals surface area contributed by atoms with Crippen LogP contribution in [0, 0.1) is 0 Å². The Hall–Kier alpha value is -2.93. The molecular weight excluding hydrogens is 396 g/mol. The number of carbonyl (C=O) groups excluding carboxylic acids is 1. The number of rotatable bonds is 5. The van der Waals surface area contributed by atoms with E-state index in [1.165, 1.54) is 10.3 Å². The largest absolute Gasteiger partial charge is 0.474 e. The van der Waals surface area contributed by atoms with Crippen LogP contribution in [0.25, 0.3) is 15.8 Å². The smallest absolute Gasteiger partial charge is 0.221 e. The number of para-hydroxylation sites is 1. The van der Waals surface area contributed by atoms with Crippen LogP contribution in [0.15, 0.2) is 48.7 Å². The van der Waals surface area contributed by atoms with Gasteiger partial charge < -0.3 is 15.0 Å². The Labute approximate surface area is 179 Å². The Morgan fingerprint density at radius 3 is 2.87 bits per heavy atom. The van der Waals surface area contributed by atoms with E-state index < -0.39 is 0 Å². The first-order chi connectivity index (χ1) is 14.7. The minimum atomic E-state index is 0.120. The van der Waals surface area contributed by atoms with Gasteiger partial charge in [0.2, 0.25) is 11.8 Å². The van der Waals surface area contributed by atoms with Crippen LogP contribution in [-0.2, 0) is 4.79 Å². The van der Waals surface area contributed by atoms with E-state index in [1.807, 2.05) is 29.2 Å². The van der Waals surface area contributed by atoms with Crippen LogP contribution in [0.5, 0.6) is 5.88 Å². The summed E-state index contributed by atoms with van der Waals surface area (Å²) in [5.41, 5.74) is 3.29. The number of ether oxygens (including phenoxy) is 1. The monoisotopic (exact) mass is 420 g/mol. The molecule has 154 valence electrons. The van der Waals surface area contributed by atoms with Crippen LogP contribution in [-0.4, -0.2) is 46.0 Å². The summed E-state index contributed by atoms with van der Waals surface area (Å²) in [5, 5.41) is 4.51. The summed E-state index contributed by atoms with van der Waals surface area (Å²) in [7, 11) is 0. The Morgan fingerprint density at radius 2 is 2.10 bits per heavy atom. The summed E-state index contributed by atoms with van der Waals surface area (Å²) in [4.78, 5) is 22.6. The van der Waals surface area contributed by atoms with Gasteiger partial charge in [0.25, 0.3) is 0 Å². The van der Waals surface area contributed by atoms with Gasteiger partial charge in [-0.1, -0.05) is 29.5 Å². The summed E-state index contributed by atoms with van der Waals surface area (Å²) in [5.74, 6) is 0.817. The molecule has 0 saturated heterocycles. The lowest BCUT2D eigenvalue weighted by Crippen LogP contribution is -2.42. The average molecular weight is 421 g/mol. The van der Waals surface area contributed by atoms with Crippen molar-refractivity contribution < 1.29 is 9.53 Å². The lowest BCUT2D eigenvalue weighted by atomic mass is 9.89. The molecule has 1 aliphatic heterocycles. The highest BCUT2D eigenvalue weighted by molar-refractivity contribution is 7.22. The topological polar surface area (TPSA) is 67.4 Å². The maximum atomic E-state index is 11.6. The summed E-state index contributed by atoms with van der Waals surface area (Å²) >= 11 is 1.69. The molecule has 5 rings (SSSR count). The number of nitrogens with one attached hydrogen (secondary N) is 1. The number of fused-ring (bicyclic) bond motifs is 1. The van der Waals surface area contributed by atoms with Crippen molar-refractivity contribution in [3.63, 3.8) is 0 Å². The molecule has 0 bridgehead atoms. The molecule has 1 N–H and O–H groups in total. The van der Waals surface area contributed by atoms with Crippen LogP contribution < -0.4 is 10.1 Å². The Kier molecular flexibility index (Phi) is 5.12. The number of pyridine rings is 1. The van der Waals surface area contributed by atoms with Gasteiger partial charge in [0.1, 0.15) is 6.10 Å². The van der Waals surface area contributed by atoms with Gasteiger partial charge in [0.15, 0.2) is 5.13 Å². The normalized spacial score (nSPS) is 21.1. The second kappa shape index (κ2) is 8.07. The molecule has 7 heteroatoms. The van der Waals surface area contributed by atoms with Crippen molar-refractivity contribution in [1.29, 1.82) is 0 Å². The third kappa shape index (κ3) is 3.89. The van der Waals surface area contributed by atoms with Crippen LogP contribution in [0.3, 0.4) is 0 Å². The fourth-order valence-electron chi connectivity index (χ4n) is 3.98. The number of hydrogen-bond acceptors (Lipinski definition) is 6. The summed E-state index contributed by atoms with van der Waals surface area (Å²) < 4.78 is 7.45. The number of amides is 1. The summed E-state index contributed by atoms with van der Waals surface area (Å²) in [6.07, 6.45) is 6.75. The average Bonchev–Trinajstić information content (AvgIpc) is 3.15. The number of anilines is 1. The predicted octanol–water partition coefficient (Wildman–Crippen LogP) is 4.35. The minimum Gasteiger partial charge on any atom is -0.474 e. The van der Waals surface area contributed by atoms with Crippen molar-refractivity contribution in [2.75, 3.05) is 18.4 Å². The fraction of sp³-hybridized carbons (Fsp3) is 0.348. The van der Waals surface area contributed by atoms with E-state index in [9.17, 15) is 4.79 Å². The maximum Gasteiger partial charge on any atom is 0.221 e. The van der Waals surface area contributed by atoms with Crippen LogP contribution in [0.1, 0.15) is 31.7 Å². The fourth-order valence-corrected chi connectivity index (χ4v) is 4.92. The molecular formula is C23H24N4O2S. The number of benzene rings is 1. The lowest BCUT2D eigenvalue weighted by molar-refractivity contribution is -0.128. The van der Waals surface area contributed by atoms with Crippen molar-refractivity contribution in [2.45, 2.75) is 38.3 Å². The third-order valence-corrected chi connectivity index (χ3v) is 6.73. The van der Waals surface area contributed by atoms with Crippen molar-refractivity contribution in [3.05, 3.63) is 54.2 Å². The van der Waals surface area contributed by atoms with Gasteiger partial charge >= 0.3 is 0 Å². The van der Waals surface area contributed by atoms with Gasteiger partial charge in [-0.2, -0.15) is 0 Å². The van der Waals surface area contributed by atoms with Gasteiger partial charge in [0, 0.05) is 50.7 Å². The number of aromatic nitrogens is 2. The van der Waals surface area contributed by atoms with Gasteiger partial charge in [-0.15, -0.1) is 0 Å². The molecule has 3 heterocycles. The van der Waals surface area contributed by atoms with E-state index >= 15 is 0 Å². The van der Waals surface area contributed by atoms with E-state index in [4.69, 9.17) is 4.74 Å². The SMILES string of the molecule is CC(=O)N1CC=C(c2cccnc2OC2CC(Nc3nc4ccccc4s3)C2)CC1.